The standard InChI is InChI=1S/C26H25NO4S/c1-4-30-19-9-7-18(8-10-19)23-16-31-25-14-24(29-3)21(13-22(23)25)17(2)12-26(28)27-15-20-6-5-11-32-20/h5-14,16H,4,15H2,1-3H3,(H,27,28)/b17-12+. The molecule has 4 rings (SSSR count). The number of carbonyl (C=O) groups is 1. The molecule has 1 amide bonds. The van der Waals surface area contributed by atoms with Gasteiger partial charge in [-0.3, -0.25) is 4.79 Å². The molecule has 0 aliphatic rings. The summed E-state index contributed by atoms with van der Waals surface area (Å²) in [5, 5.41) is 5.88. The number of allylic oxidation sites excluding steroid dienone is 1. The molecule has 4 aromatic rings. The predicted octanol–water partition coefficient (Wildman–Crippen LogP) is 6.29. The number of hydrogen-bond donors (Lipinski definition) is 1. The van der Waals surface area contributed by atoms with E-state index in [9.17, 15) is 4.79 Å². The summed E-state index contributed by atoms with van der Waals surface area (Å²) in [6, 6.07) is 15.8. The minimum absolute atomic E-state index is 0.142. The molecule has 2 aromatic carbocycles. The van der Waals surface area contributed by atoms with Gasteiger partial charge >= 0.3 is 0 Å². The number of furan rings is 1. The van der Waals surface area contributed by atoms with Crippen molar-refractivity contribution in [1.29, 1.82) is 0 Å². The van der Waals surface area contributed by atoms with Crippen molar-refractivity contribution in [2.24, 2.45) is 0 Å². The Hall–Kier alpha value is -3.51. The van der Waals surface area contributed by atoms with E-state index in [4.69, 9.17) is 13.9 Å². The van der Waals surface area contributed by atoms with Crippen molar-refractivity contribution >= 4 is 33.8 Å². The number of fused-ring (bicyclic) bond motifs is 1. The Morgan fingerprint density at radius 1 is 1.19 bits per heavy atom. The predicted molar refractivity (Wildman–Crippen MR) is 129 cm³/mol. The molecule has 6 heteroatoms. The molecule has 0 fully saturated rings. The van der Waals surface area contributed by atoms with Gasteiger partial charge in [0.15, 0.2) is 0 Å². The minimum Gasteiger partial charge on any atom is -0.496 e. The number of rotatable bonds is 8. The molecule has 0 aliphatic heterocycles. The lowest BCUT2D eigenvalue weighted by Crippen LogP contribution is -2.20. The van der Waals surface area contributed by atoms with Gasteiger partial charge in [-0.2, -0.15) is 0 Å². The summed E-state index contributed by atoms with van der Waals surface area (Å²) >= 11 is 1.62. The maximum Gasteiger partial charge on any atom is 0.244 e. The van der Waals surface area contributed by atoms with Crippen LogP contribution in [0.15, 0.2) is 70.7 Å². The first kappa shape index (κ1) is 21.7. The first-order valence-corrected chi connectivity index (χ1v) is 11.3. The largest absolute Gasteiger partial charge is 0.496 e. The van der Waals surface area contributed by atoms with E-state index in [0.29, 0.717) is 18.9 Å². The van der Waals surface area contributed by atoms with Gasteiger partial charge in [-0.05, 0) is 54.6 Å². The summed E-state index contributed by atoms with van der Waals surface area (Å²) in [6.07, 6.45) is 3.35. The SMILES string of the molecule is CCOc1ccc(-c2coc3cc(OC)c(/C(C)=C/C(=O)NCc4cccs4)cc23)cc1. The number of amides is 1. The van der Waals surface area contributed by atoms with E-state index >= 15 is 0 Å². The van der Waals surface area contributed by atoms with Crippen molar-refractivity contribution in [3.05, 3.63) is 76.7 Å². The fraction of sp³-hybridized carbons (Fsp3) is 0.192. The van der Waals surface area contributed by atoms with Gasteiger partial charge in [0.2, 0.25) is 5.91 Å². The number of thiophene rings is 1. The van der Waals surface area contributed by atoms with Crippen LogP contribution in [0.3, 0.4) is 0 Å². The number of methoxy groups -OCH3 is 1. The average Bonchev–Trinajstić information content (AvgIpc) is 3.47. The van der Waals surface area contributed by atoms with Crippen LogP contribution in [0.1, 0.15) is 24.3 Å². The van der Waals surface area contributed by atoms with Gasteiger partial charge in [0.05, 0.1) is 26.5 Å². The maximum atomic E-state index is 12.5. The summed E-state index contributed by atoms with van der Waals surface area (Å²) in [6.45, 7) is 5.01. The van der Waals surface area contributed by atoms with Gasteiger partial charge < -0.3 is 19.2 Å². The highest BCUT2D eigenvalue weighted by Crippen LogP contribution is 2.37. The molecule has 2 aromatic heterocycles. The highest BCUT2D eigenvalue weighted by molar-refractivity contribution is 7.09. The molecule has 0 saturated carbocycles. The zero-order chi connectivity index (χ0) is 22.5. The lowest BCUT2D eigenvalue weighted by atomic mass is 9.99. The maximum absolute atomic E-state index is 12.5. The Labute approximate surface area is 191 Å². The molecular weight excluding hydrogens is 422 g/mol. The zero-order valence-electron chi connectivity index (χ0n) is 18.3. The number of nitrogens with one attached hydrogen (secondary N) is 1. The fourth-order valence-electron chi connectivity index (χ4n) is 3.57. The van der Waals surface area contributed by atoms with Crippen LogP contribution in [0, 0.1) is 0 Å². The van der Waals surface area contributed by atoms with Crippen molar-refractivity contribution in [1.82, 2.24) is 5.32 Å². The van der Waals surface area contributed by atoms with E-state index in [-0.39, 0.29) is 5.91 Å². The smallest absolute Gasteiger partial charge is 0.244 e. The Morgan fingerprint density at radius 2 is 2.00 bits per heavy atom. The van der Waals surface area contributed by atoms with Crippen LogP contribution in [0.25, 0.3) is 27.7 Å². The van der Waals surface area contributed by atoms with Gasteiger partial charge in [0, 0.05) is 33.5 Å². The molecule has 1 N–H and O–H groups in total. The molecule has 2 heterocycles. The molecular formula is C26H25NO4S. The van der Waals surface area contributed by atoms with Crippen LogP contribution >= 0.6 is 11.3 Å². The number of hydrogen-bond acceptors (Lipinski definition) is 5. The Bertz CT molecular complexity index is 1240. The van der Waals surface area contributed by atoms with Crippen molar-refractivity contribution < 1.29 is 18.7 Å². The van der Waals surface area contributed by atoms with E-state index in [1.54, 1.807) is 30.8 Å². The van der Waals surface area contributed by atoms with Gasteiger partial charge in [0.1, 0.15) is 17.1 Å². The third kappa shape index (κ3) is 4.70. The molecule has 0 aliphatic carbocycles. The number of benzene rings is 2. The van der Waals surface area contributed by atoms with Crippen LogP contribution in [0.5, 0.6) is 11.5 Å². The second-order valence-corrected chi connectivity index (χ2v) is 8.31. The average molecular weight is 448 g/mol. The quantitative estimate of drug-likeness (QED) is 0.323. The van der Waals surface area contributed by atoms with E-state index in [1.807, 2.05) is 67.8 Å². The van der Waals surface area contributed by atoms with Crippen LogP contribution in [0.2, 0.25) is 0 Å². The summed E-state index contributed by atoms with van der Waals surface area (Å²) in [4.78, 5) is 13.6. The molecule has 0 saturated heterocycles. The molecule has 164 valence electrons. The second kappa shape index (κ2) is 9.75. The Kier molecular flexibility index (Phi) is 6.61. The Balaban J connectivity index is 1.64. The lowest BCUT2D eigenvalue weighted by Gasteiger charge is -2.10. The van der Waals surface area contributed by atoms with Gasteiger partial charge in [-0.1, -0.05) is 18.2 Å². The third-order valence-corrected chi connectivity index (χ3v) is 6.04. The first-order valence-electron chi connectivity index (χ1n) is 10.4. The second-order valence-electron chi connectivity index (χ2n) is 7.28. The molecule has 0 unspecified atom stereocenters. The lowest BCUT2D eigenvalue weighted by molar-refractivity contribution is -0.116. The van der Waals surface area contributed by atoms with Crippen LogP contribution in [-0.4, -0.2) is 19.6 Å². The fourth-order valence-corrected chi connectivity index (χ4v) is 4.21. The minimum atomic E-state index is -0.142. The van der Waals surface area contributed by atoms with Crippen LogP contribution in [0.4, 0.5) is 0 Å². The van der Waals surface area contributed by atoms with Crippen molar-refractivity contribution in [3.63, 3.8) is 0 Å². The van der Waals surface area contributed by atoms with Crippen LogP contribution in [-0.2, 0) is 11.3 Å². The van der Waals surface area contributed by atoms with E-state index in [1.165, 1.54) is 0 Å². The van der Waals surface area contributed by atoms with E-state index in [0.717, 1.165) is 43.9 Å². The Morgan fingerprint density at radius 3 is 2.69 bits per heavy atom. The molecule has 32 heavy (non-hydrogen) atoms. The molecule has 0 bridgehead atoms. The molecule has 0 atom stereocenters. The number of carbonyl (C=O) groups excluding carboxylic acids is 1. The van der Waals surface area contributed by atoms with Gasteiger partial charge in [-0.25, -0.2) is 0 Å². The normalized spacial score (nSPS) is 11.5. The molecule has 5 nitrogen and oxygen atoms in total. The first-order chi connectivity index (χ1) is 15.6. The third-order valence-electron chi connectivity index (χ3n) is 5.16. The van der Waals surface area contributed by atoms with E-state index in [2.05, 4.69) is 5.32 Å². The number of ether oxygens (including phenoxy) is 2. The van der Waals surface area contributed by atoms with Gasteiger partial charge in [0.25, 0.3) is 0 Å². The van der Waals surface area contributed by atoms with Crippen molar-refractivity contribution in [2.45, 2.75) is 20.4 Å². The monoisotopic (exact) mass is 447 g/mol. The van der Waals surface area contributed by atoms with Crippen molar-refractivity contribution in [2.75, 3.05) is 13.7 Å². The summed E-state index contributed by atoms with van der Waals surface area (Å²) < 4.78 is 16.9. The topological polar surface area (TPSA) is 60.7 Å². The van der Waals surface area contributed by atoms with Crippen molar-refractivity contribution in [3.8, 4) is 22.6 Å². The summed E-state index contributed by atoms with van der Waals surface area (Å²) in [7, 11) is 1.62. The summed E-state index contributed by atoms with van der Waals surface area (Å²) in [5.41, 5.74) is 4.39. The highest BCUT2D eigenvalue weighted by Gasteiger charge is 2.15. The molecule has 0 radical (unpaired) electrons. The molecule has 0 spiro atoms. The van der Waals surface area contributed by atoms with E-state index < -0.39 is 0 Å². The summed E-state index contributed by atoms with van der Waals surface area (Å²) in [5.74, 6) is 1.35. The highest BCUT2D eigenvalue weighted by atomic mass is 32.1. The zero-order valence-corrected chi connectivity index (χ0v) is 19.1. The van der Waals surface area contributed by atoms with Gasteiger partial charge in [-0.15, -0.1) is 11.3 Å². The van der Waals surface area contributed by atoms with Crippen LogP contribution < -0.4 is 14.8 Å².